The average molecular weight is 596 g/mol. The van der Waals surface area contributed by atoms with Gasteiger partial charge in [-0.15, -0.1) is 0 Å². The van der Waals surface area contributed by atoms with Gasteiger partial charge in [-0.05, 0) is 67.3 Å². The number of likely N-dealkylation sites (tertiary alicyclic amines) is 1. The van der Waals surface area contributed by atoms with Gasteiger partial charge >= 0.3 is 6.03 Å². The topological polar surface area (TPSA) is 151 Å². The lowest BCUT2D eigenvalue weighted by molar-refractivity contribution is -0.143. The van der Waals surface area contributed by atoms with E-state index < -0.39 is 47.2 Å². The summed E-state index contributed by atoms with van der Waals surface area (Å²) >= 11 is 0. The molecule has 1 aliphatic heterocycles. The van der Waals surface area contributed by atoms with Crippen molar-refractivity contribution in [2.45, 2.75) is 110 Å². The van der Waals surface area contributed by atoms with Gasteiger partial charge in [-0.2, -0.15) is 0 Å². The predicted octanol–water partition coefficient (Wildman–Crippen LogP) is 3.08. The van der Waals surface area contributed by atoms with E-state index in [1.165, 1.54) is 0 Å². The highest BCUT2D eigenvalue weighted by Crippen LogP contribution is 2.36. The lowest BCUT2D eigenvalue weighted by Gasteiger charge is -2.44. The molecule has 5 N–H and O–H groups in total. The molecule has 0 radical (unpaired) electrons. The summed E-state index contributed by atoms with van der Waals surface area (Å²) in [6, 6.07) is 6.93. The predicted molar refractivity (Wildman–Crippen MR) is 164 cm³/mol. The van der Waals surface area contributed by atoms with Crippen LogP contribution in [-0.4, -0.2) is 64.6 Å². The monoisotopic (exact) mass is 595 g/mol. The Morgan fingerprint density at radius 3 is 2.19 bits per heavy atom. The van der Waals surface area contributed by atoms with Crippen molar-refractivity contribution < 1.29 is 24.0 Å². The number of urea groups is 1. The highest BCUT2D eigenvalue weighted by Gasteiger charge is 2.47. The van der Waals surface area contributed by atoms with Crippen molar-refractivity contribution in [1.82, 2.24) is 20.9 Å². The SMILES string of the molecule is CC(C)[C@@H]1C[C@@H](C(=O)NC(CC2CC2)C(=O)C(N)=O)N(C(=O)[C@@H](NC(=O)NC2(Cc3ccccc3)CCC2)C(C)(C)C)C1. The van der Waals surface area contributed by atoms with Gasteiger partial charge in [0.05, 0.1) is 6.04 Å². The number of ketones is 1. The van der Waals surface area contributed by atoms with Crippen LogP contribution < -0.4 is 21.7 Å². The third-order valence-electron chi connectivity index (χ3n) is 9.47. The lowest BCUT2D eigenvalue weighted by atomic mass is 9.73. The summed E-state index contributed by atoms with van der Waals surface area (Å²) < 4.78 is 0. The van der Waals surface area contributed by atoms with Gasteiger partial charge in [-0.25, -0.2) is 4.79 Å². The van der Waals surface area contributed by atoms with Crippen molar-refractivity contribution in [2.24, 2.45) is 28.9 Å². The molecule has 5 amide bonds. The maximum absolute atomic E-state index is 14.2. The Morgan fingerprint density at radius 2 is 1.67 bits per heavy atom. The highest BCUT2D eigenvalue weighted by atomic mass is 16.2. The van der Waals surface area contributed by atoms with Crippen LogP contribution in [0.4, 0.5) is 4.79 Å². The fraction of sp³-hybridized carbons (Fsp3) is 0.667. The van der Waals surface area contributed by atoms with Gasteiger partial charge in [0.25, 0.3) is 5.91 Å². The molecular weight excluding hydrogens is 546 g/mol. The van der Waals surface area contributed by atoms with Gasteiger partial charge in [0.1, 0.15) is 12.1 Å². The van der Waals surface area contributed by atoms with Crippen LogP contribution in [0.2, 0.25) is 0 Å². The van der Waals surface area contributed by atoms with E-state index in [2.05, 4.69) is 41.9 Å². The molecule has 2 saturated carbocycles. The number of rotatable bonds is 12. The number of nitrogens with two attached hydrogens (primary N) is 1. The van der Waals surface area contributed by atoms with E-state index in [-0.39, 0.29) is 29.2 Å². The van der Waals surface area contributed by atoms with E-state index in [1.54, 1.807) is 4.90 Å². The standard InChI is InChI=1S/C33H49N5O5/c1-20(2)23-17-25(29(41)35-24(16-21-12-13-21)26(39)28(34)40)38(19-23)30(42)27(32(3,4)5)36-31(43)37-33(14-9-15-33)18-22-10-7-6-8-11-22/h6-8,10-11,20-21,23-25,27H,9,12-19H2,1-5H3,(H2,34,40)(H,35,41)(H2,36,37,43)/t23-,24?,25+,27-/m1/s1. The minimum atomic E-state index is -1.08. The molecule has 43 heavy (non-hydrogen) atoms. The van der Waals surface area contributed by atoms with Crippen LogP contribution in [0.5, 0.6) is 0 Å². The number of nitrogens with one attached hydrogen (secondary N) is 3. The fourth-order valence-electron chi connectivity index (χ4n) is 6.36. The molecule has 1 aromatic rings. The van der Waals surface area contributed by atoms with Gasteiger partial charge < -0.3 is 26.6 Å². The molecule has 2 aliphatic carbocycles. The third kappa shape index (κ3) is 8.15. The summed E-state index contributed by atoms with van der Waals surface area (Å²) in [5.74, 6) is -2.16. The van der Waals surface area contributed by atoms with Crippen molar-refractivity contribution >= 4 is 29.5 Å². The van der Waals surface area contributed by atoms with Crippen molar-refractivity contribution in [3.05, 3.63) is 35.9 Å². The number of nitrogens with zero attached hydrogens (tertiary/aromatic N) is 1. The van der Waals surface area contributed by atoms with Crippen LogP contribution in [0, 0.1) is 23.2 Å². The lowest BCUT2D eigenvalue weighted by Crippen LogP contribution is -2.63. The number of primary amides is 1. The van der Waals surface area contributed by atoms with Gasteiger partial charge in [0.2, 0.25) is 17.6 Å². The van der Waals surface area contributed by atoms with E-state index in [0.29, 0.717) is 25.8 Å². The second-order valence-electron chi connectivity index (χ2n) is 14.4. The molecule has 0 aromatic heterocycles. The Balaban J connectivity index is 1.50. The molecule has 0 bridgehead atoms. The second kappa shape index (κ2) is 13.1. The summed E-state index contributed by atoms with van der Waals surface area (Å²) in [6.07, 6.45) is 6.13. The van der Waals surface area contributed by atoms with Crippen molar-refractivity contribution in [3.63, 3.8) is 0 Å². The Bertz CT molecular complexity index is 1200. The summed E-state index contributed by atoms with van der Waals surface area (Å²) in [7, 11) is 0. The summed E-state index contributed by atoms with van der Waals surface area (Å²) in [5, 5.41) is 8.91. The number of benzene rings is 1. The van der Waals surface area contributed by atoms with Crippen LogP contribution in [0.25, 0.3) is 0 Å². The number of carbonyl (C=O) groups excluding carboxylic acids is 5. The molecule has 236 valence electrons. The normalized spacial score (nSPS) is 22.7. The van der Waals surface area contributed by atoms with Crippen LogP contribution in [0.1, 0.15) is 85.1 Å². The summed E-state index contributed by atoms with van der Waals surface area (Å²) in [6.45, 7) is 10.1. The largest absolute Gasteiger partial charge is 0.363 e. The van der Waals surface area contributed by atoms with E-state index in [4.69, 9.17) is 5.73 Å². The average Bonchev–Trinajstić information content (AvgIpc) is 3.62. The zero-order chi connectivity index (χ0) is 31.5. The first-order valence-corrected chi connectivity index (χ1v) is 15.8. The molecule has 4 rings (SSSR count). The number of hydrogen-bond acceptors (Lipinski definition) is 5. The molecule has 1 heterocycles. The van der Waals surface area contributed by atoms with Crippen LogP contribution in [0.3, 0.4) is 0 Å². The Hall–Kier alpha value is -3.43. The second-order valence-corrected chi connectivity index (χ2v) is 14.4. The molecule has 1 saturated heterocycles. The summed E-state index contributed by atoms with van der Waals surface area (Å²) in [4.78, 5) is 67.1. The quantitative estimate of drug-likeness (QED) is 0.274. The Morgan fingerprint density at radius 1 is 1.02 bits per heavy atom. The van der Waals surface area contributed by atoms with Crippen LogP contribution >= 0.6 is 0 Å². The molecular formula is C33H49N5O5. The van der Waals surface area contributed by atoms with Gasteiger partial charge in [0, 0.05) is 12.1 Å². The zero-order valence-electron chi connectivity index (χ0n) is 26.3. The van der Waals surface area contributed by atoms with Crippen LogP contribution in [0.15, 0.2) is 30.3 Å². The smallest absolute Gasteiger partial charge is 0.315 e. The van der Waals surface area contributed by atoms with Gasteiger partial charge in [0.15, 0.2) is 0 Å². The van der Waals surface area contributed by atoms with Crippen molar-refractivity contribution in [1.29, 1.82) is 0 Å². The number of Topliss-reactive ketones (excluding diaryl/α,β-unsaturated/α-hetero) is 1. The first-order valence-electron chi connectivity index (χ1n) is 15.8. The number of amides is 5. The van der Waals surface area contributed by atoms with E-state index in [0.717, 1.165) is 37.7 Å². The Kier molecular flexibility index (Phi) is 9.86. The molecule has 1 unspecified atom stereocenters. The number of carbonyl (C=O) groups is 5. The van der Waals surface area contributed by atoms with Crippen LogP contribution in [-0.2, 0) is 25.6 Å². The molecule has 10 nitrogen and oxygen atoms in total. The first kappa shape index (κ1) is 32.5. The first-order chi connectivity index (χ1) is 20.2. The fourth-order valence-corrected chi connectivity index (χ4v) is 6.36. The van der Waals surface area contributed by atoms with E-state index in [9.17, 15) is 24.0 Å². The van der Waals surface area contributed by atoms with E-state index in [1.807, 2.05) is 39.0 Å². The Labute approximate surface area is 255 Å². The molecule has 3 aliphatic rings. The minimum Gasteiger partial charge on any atom is -0.363 e. The molecule has 10 heteroatoms. The molecule has 3 fully saturated rings. The maximum Gasteiger partial charge on any atom is 0.315 e. The zero-order valence-corrected chi connectivity index (χ0v) is 26.3. The summed E-state index contributed by atoms with van der Waals surface area (Å²) in [5.41, 5.74) is 5.42. The van der Waals surface area contributed by atoms with E-state index >= 15 is 0 Å². The molecule has 4 atom stereocenters. The van der Waals surface area contributed by atoms with Gasteiger partial charge in [-0.3, -0.25) is 19.2 Å². The minimum absolute atomic E-state index is 0.0620. The van der Waals surface area contributed by atoms with Gasteiger partial charge in [-0.1, -0.05) is 77.8 Å². The van der Waals surface area contributed by atoms with Crippen molar-refractivity contribution in [3.8, 4) is 0 Å². The van der Waals surface area contributed by atoms with Crippen molar-refractivity contribution in [2.75, 3.05) is 6.54 Å². The number of hydrogen-bond donors (Lipinski definition) is 4. The third-order valence-corrected chi connectivity index (χ3v) is 9.47. The maximum atomic E-state index is 14.2. The molecule has 0 spiro atoms. The molecule has 1 aromatic carbocycles. The highest BCUT2D eigenvalue weighted by molar-refractivity contribution is 6.37.